The molecule has 17 heavy (non-hydrogen) atoms. The van der Waals surface area contributed by atoms with Crippen molar-refractivity contribution in [3.05, 3.63) is 64.9 Å². The molecule has 0 fully saturated rings. The molecule has 0 aromatic heterocycles. The van der Waals surface area contributed by atoms with Crippen molar-refractivity contribution in [1.29, 1.82) is 0 Å². The summed E-state index contributed by atoms with van der Waals surface area (Å²) in [5, 5.41) is 11.7. The molecule has 0 heterocycles. The maximum absolute atomic E-state index is 10.8. The van der Waals surface area contributed by atoms with E-state index >= 15 is 0 Å². The van der Waals surface area contributed by atoms with Crippen molar-refractivity contribution in [3.63, 3.8) is 0 Å². The van der Waals surface area contributed by atoms with Gasteiger partial charge in [-0.3, -0.25) is 0 Å². The Morgan fingerprint density at radius 2 is 2.24 bits per heavy atom. The molecule has 1 aromatic rings. The fourth-order valence-electron chi connectivity index (χ4n) is 1.26. The quantitative estimate of drug-likeness (QED) is 0.266. The van der Waals surface area contributed by atoms with Gasteiger partial charge in [0, 0.05) is 0 Å². The van der Waals surface area contributed by atoms with Crippen molar-refractivity contribution in [2.75, 3.05) is 0 Å². The number of allylic oxidation sites excluding steroid dienone is 2. The fourth-order valence-corrected chi connectivity index (χ4v) is 3.38. The summed E-state index contributed by atoms with van der Waals surface area (Å²) in [6.07, 6.45) is 2.54. The van der Waals surface area contributed by atoms with Crippen LogP contribution in [0.3, 0.4) is 0 Å². The monoisotopic (exact) mass is 295 g/mol. The van der Waals surface area contributed by atoms with E-state index in [1.165, 1.54) is 0 Å². The van der Waals surface area contributed by atoms with Crippen molar-refractivity contribution < 1.29 is 4.92 Å². The van der Waals surface area contributed by atoms with Gasteiger partial charge in [-0.2, -0.15) is 0 Å². The second kappa shape index (κ2) is 6.87. The predicted octanol–water partition coefficient (Wildman–Crippen LogP) is 2.63. The Balaban J connectivity index is 2.66. The van der Waals surface area contributed by atoms with Crippen LogP contribution in [0.1, 0.15) is 6.42 Å². The molecule has 1 aromatic carbocycles. The fraction of sp³-hybridized carbons (Fsp3) is 0.154. The zero-order valence-corrected chi connectivity index (χ0v) is 11.1. The van der Waals surface area contributed by atoms with E-state index in [-0.39, 0.29) is 25.6 Å². The summed E-state index contributed by atoms with van der Waals surface area (Å²) in [6, 6.07) is 6.90. The van der Waals surface area contributed by atoms with Crippen molar-refractivity contribution in [2.45, 2.75) is 11.7 Å². The Bertz CT molecular complexity index is 476. The third kappa shape index (κ3) is 4.04. The molecule has 0 saturated heterocycles. The van der Waals surface area contributed by atoms with Crippen LogP contribution in [-0.2, 0) is 0 Å². The first-order valence-electron chi connectivity index (χ1n) is 5.06. The molecule has 88 valence electrons. The van der Waals surface area contributed by atoms with Gasteiger partial charge in [-0.05, 0) is 0 Å². The number of hydrogen-bond donors (Lipinski definition) is 0. The van der Waals surface area contributed by atoms with Crippen molar-refractivity contribution in [2.24, 2.45) is 0 Å². The van der Waals surface area contributed by atoms with Crippen LogP contribution in [0.4, 0.5) is 5.69 Å². The van der Waals surface area contributed by atoms with E-state index in [2.05, 4.69) is 18.9 Å². The van der Waals surface area contributed by atoms with Gasteiger partial charge in [0.25, 0.3) is 0 Å². The zero-order chi connectivity index (χ0) is 12.7. The number of benzene rings is 1. The molecule has 0 spiro atoms. The van der Waals surface area contributed by atoms with Gasteiger partial charge in [0.1, 0.15) is 0 Å². The molecular weight excluding hydrogens is 281 g/mol. The average molecular weight is 294 g/mol. The standard InChI is InChI=1S/C13H13NO2Se/c1-3-11(4-2)9-10-17-13-8-6-5-7-12(13)14(15)16/h3,5-8H,1-2,9-10H2. The molecule has 0 radical (unpaired) electrons. The molecule has 0 aliphatic carbocycles. The first kappa shape index (κ1) is 13.5. The van der Waals surface area contributed by atoms with E-state index in [1.54, 1.807) is 18.2 Å². The van der Waals surface area contributed by atoms with Crippen LogP contribution in [0, 0.1) is 10.1 Å². The number of rotatable bonds is 6. The molecule has 4 heteroatoms. The van der Waals surface area contributed by atoms with Gasteiger partial charge in [0.2, 0.25) is 0 Å². The summed E-state index contributed by atoms with van der Waals surface area (Å²) in [6.45, 7) is 7.23. The molecular formula is C13H13NO2Se. The Morgan fingerprint density at radius 3 is 2.82 bits per heavy atom. The molecule has 0 unspecified atom stereocenters. The Labute approximate surface area is 107 Å². The summed E-state index contributed by atoms with van der Waals surface area (Å²) in [5.41, 5.74) is 3.98. The van der Waals surface area contributed by atoms with E-state index in [4.69, 9.17) is 0 Å². The van der Waals surface area contributed by atoms with Crippen molar-refractivity contribution in [1.82, 2.24) is 0 Å². The zero-order valence-electron chi connectivity index (χ0n) is 9.39. The van der Waals surface area contributed by atoms with Crippen LogP contribution in [-0.4, -0.2) is 19.9 Å². The summed E-state index contributed by atoms with van der Waals surface area (Å²) in [5.74, 6) is 0. The van der Waals surface area contributed by atoms with E-state index in [1.807, 2.05) is 12.1 Å². The Morgan fingerprint density at radius 1 is 1.53 bits per heavy atom. The normalized spacial score (nSPS) is 9.41. The van der Waals surface area contributed by atoms with E-state index in [0.29, 0.717) is 0 Å². The third-order valence-corrected chi connectivity index (χ3v) is 4.40. The number of nitrogens with zero attached hydrogens (tertiary/aromatic N) is 1. The molecule has 0 atom stereocenters. The summed E-state index contributed by atoms with van der Waals surface area (Å²) in [4.78, 5) is 10.5. The molecule has 0 aliphatic rings. The van der Waals surface area contributed by atoms with Gasteiger partial charge in [-0.15, -0.1) is 0 Å². The summed E-state index contributed by atoms with van der Waals surface area (Å²) >= 11 is 0.0920. The van der Waals surface area contributed by atoms with Gasteiger partial charge >= 0.3 is 107 Å². The van der Waals surface area contributed by atoms with Crippen LogP contribution in [0.2, 0.25) is 5.32 Å². The minimum atomic E-state index is -0.325. The first-order valence-corrected chi connectivity index (χ1v) is 7.13. The topological polar surface area (TPSA) is 43.1 Å². The van der Waals surface area contributed by atoms with Gasteiger partial charge in [0.05, 0.1) is 0 Å². The van der Waals surface area contributed by atoms with Crippen molar-refractivity contribution in [3.8, 4) is 0 Å². The second-order valence-corrected chi connectivity index (χ2v) is 5.61. The van der Waals surface area contributed by atoms with E-state index < -0.39 is 0 Å². The number of hydrogen-bond acceptors (Lipinski definition) is 2. The van der Waals surface area contributed by atoms with Crippen LogP contribution >= 0.6 is 0 Å². The van der Waals surface area contributed by atoms with Crippen LogP contribution in [0.15, 0.2) is 54.8 Å². The SMILES string of the molecule is C=C=C(C=C)CC[Se]c1ccccc1[N+](=O)[O-]. The van der Waals surface area contributed by atoms with Gasteiger partial charge < -0.3 is 0 Å². The third-order valence-electron chi connectivity index (χ3n) is 2.16. The number of nitro benzene ring substituents is 1. The molecule has 0 amide bonds. The molecule has 0 N–H and O–H groups in total. The van der Waals surface area contributed by atoms with Crippen LogP contribution < -0.4 is 4.46 Å². The maximum atomic E-state index is 10.8. The molecule has 0 bridgehead atoms. The first-order chi connectivity index (χ1) is 8.19. The summed E-state index contributed by atoms with van der Waals surface area (Å²) in [7, 11) is 0. The van der Waals surface area contributed by atoms with E-state index in [9.17, 15) is 10.1 Å². The predicted molar refractivity (Wildman–Crippen MR) is 70.8 cm³/mol. The van der Waals surface area contributed by atoms with E-state index in [0.717, 1.165) is 21.8 Å². The van der Waals surface area contributed by atoms with Crippen molar-refractivity contribution >= 4 is 25.1 Å². The van der Waals surface area contributed by atoms with Gasteiger partial charge in [-0.25, -0.2) is 0 Å². The molecule has 0 aliphatic heterocycles. The molecule has 1 rings (SSSR count). The molecule has 0 saturated carbocycles. The second-order valence-electron chi connectivity index (χ2n) is 3.23. The van der Waals surface area contributed by atoms with Gasteiger partial charge in [-0.1, -0.05) is 0 Å². The van der Waals surface area contributed by atoms with Crippen LogP contribution in [0.5, 0.6) is 0 Å². The average Bonchev–Trinajstić information content (AvgIpc) is 2.35. The number of para-hydroxylation sites is 1. The van der Waals surface area contributed by atoms with Gasteiger partial charge in [0.15, 0.2) is 0 Å². The number of nitro groups is 1. The Kier molecular flexibility index (Phi) is 5.44. The minimum absolute atomic E-state index is 0.0920. The summed E-state index contributed by atoms with van der Waals surface area (Å²) < 4.78 is 0.831. The molecule has 3 nitrogen and oxygen atoms in total. The Hall–Kier alpha value is -1.60. The van der Waals surface area contributed by atoms with Crippen LogP contribution in [0.25, 0.3) is 0 Å².